The van der Waals surface area contributed by atoms with E-state index in [9.17, 15) is 18.0 Å². The van der Waals surface area contributed by atoms with Crippen LogP contribution >= 0.6 is 11.3 Å². The van der Waals surface area contributed by atoms with Gasteiger partial charge in [-0.05, 0) is 54.8 Å². The number of benzene rings is 2. The fourth-order valence-corrected chi connectivity index (χ4v) is 6.31. The standard InChI is InChI=1S/C27H36N4O4S2/c1-5-20(14-15-31(4)37(34,35)25-13-9-7-11-21(25)28)29-26(32)22(16-18(2)3)30-27(33)24-17-19-10-6-8-12-23(19)36-24/h6-13,17-18,20,22H,5,14-16,28H2,1-4H3,(H,29,32)(H,30,33)/t20?,22-/m0/s1. The fourth-order valence-electron chi connectivity index (χ4n) is 4.05. The number of nitrogen functional groups attached to an aromatic ring is 1. The van der Waals surface area contributed by atoms with Crippen molar-refractivity contribution in [1.29, 1.82) is 0 Å². The molecule has 2 atom stereocenters. The Labute approximate surface area is 223 Å². The summed E-state index contributed by atoms with van der Waals surface area (Å²) in [6.07, 6.45) is 1.52. The van der Waals surface area contributed by atoms with E-state index in [0.29, 0.717) is 24.1 Å². The predicted molar refractivity (Wildman–Crippen MR) is 150 cm³/mol. The van der Waals surface area contributed by atoms with Gasteiger partial charge in [0.05, 0.1) is 10.6 Å². The lowest BCUT2D eigenvalue weighted by Crippen LogP contribution is -2.50. The molecule has 37 heavy (non-hydrogen) atoms. The molecule has 200 valence electrons. The zero-order chi connectivity index (χ0) is 27.2. The largest absolute Gasteiger partial charge is 0.398 e. The van der Waals surface area contributed by atoms with Crippen molar-refractivity contribution in [2.45, 2.75) is 57.0 Å². The second-order valence-corrected chi connectivity index (χ2v) is 12.7. The molecule has 0 aliphatic rings. The van der Waals surface area contributed by atoms with Gasteiger partial charge in [-0.15, -0.1) is 11.3 Å². The third-order valence-electron chi connectivity index (χ3n) is 6.22. The molecule has 0 saturated heterocycles. The van der Waals surface area contributed by atoms with Gasteiger partial charge in [-0.3, -0.25) is 9.59 Å². The number of sulfonamides is 1. The Morgan fingerprint density at radius 3 is 2.38 bits per heavy atom. The monoisotopic (exact) mass is 544 g/mol. The summed E-state index contributed by atoms with van der Waals surface area (Å²) in [5.41, 5.74) is 6.07. The smallest absolute Gasteiger partial charge is 0.262 e. The second-order valence-electron chi connectivity index (χ2n) is 9.57. The highest BCUT2D eigenvalue weighted by Gasteiger charge is 2.27. The van der Waals surface area contributed by atoms with Crippen molar-refractivity contribution < 1.29 is 18.0 Å². The molecule has 0 spiro atoms. The van der Waals surface area contributed by atoms with Crippen molar-refractivity contribution in [2.24, 2.45) is 5.92 Å². The summed E-state index contributed by atoms with van der Waals surface area (Å²) in [6, 6.07) is 15.0. The lowest BCUT2D eigenvalue weighted by Gasteiger charge is -2.25. The van der Waals surface area contributed by atoms with E-state index in [1.807, 2.05) is 51.1 Å². The molecule has 8 nitrogen and oxygen atoms in total. The normalized spacial score (nSPS) is 13.6. The second kappa shape index (κ2) is 12.5. The van der Waals surface area contributed by atoms with Crippen molar-refractivity contribution >= 4 is 48.9 Å². The number of fused-ring (bicyclic) bond motifs is 1. The molecular formula is C27H36N4O4S2. The SMILES string of the molecule is CCC(CCN(C)S(=O)(=O)c1ccccc1N)NC(=O)[C@H](CC(C)C)NC(=O)c1cc2ccccc2s1. The summed E-state index contributed by atoms with van der Waals surface area (Å²) in [6.45, 7) is 6.14. The van der Waals surface area contributed by atoms with Crippen molar-refractivity contribution in [3.8, 4) is 0 Å². The lowest BCUT2D eigenvalue weighted by molar-refractivity contribution is -0.124. The first-order chi connectivity index (χ1) is 17.5. The van der Waals surface area contributed by atoms with Crippen LogP contribution in [-0.2, 0) is 14.8 Å². The van der Waals surface area contributed by atoms with Gasteiger partial charge in [0.2, 0.25) is 15.9 Å². The molecule has 0 aliphatic carbocycles. The molecule has 2 aromatic carbocycles. The lowest BCUT2D eigenvalue weighted by atomic mass is 10.0. The van der Waals surface area contributed by atoms with E-state index in [2.05, 4.69) is 10.6 Å². The Kier molecular flexibility index (Phi) is 9.69. The molecule has 10 heteroatoms. The van der Waals surface area contributed by atoms with Crippen LogP contribution in [0.2, 0.25) is 0 Å². The van der Waals surface area contributed by atoms with Gasteiger partial charge >= 0.3 is 0 Å². The van der Waals surface area contributed by atoms with E-state index >= 15 is 0 Å². The number of rotatable bonds is 12. The summed E-state index contributed by atoms with van der Waals surface area (Å²) >= 11 is 1.39. The maximum absolute atomic E-state index is 13.2. The number of nitrogens with two attached hydrogens (primary N) is 1. The molecule has 0 bridgehead atoms. The van der Waals surface area contributed by atoms with E-state index in [-0.39, 0.29) is 40.9 Å². The Morgan fingerprint density at radius 2 is 1.73 bits per heavy atom. The summed E-state index contributed by atoms with van der Waals surface area (Å²) in [4.78, 5) is 26.8. The van der Waals surface area contributed by atoms with Crippen molar-refractivity contribution in [3.63, 3.8) is 0 Å². The quantitative estimate of drug-likeness (QED) is 0.295. The highest BCUT2D eigenvalue weighted by Crippen LogP contribution is 2.25. The Bertz CT molecular complexity index is 1300. The van der Waals surface area contributed by atoms with Gasteiger partial charge in [0.1, 0.15) is 10.9 Å². The van der Waals surface area contributed by atoms with Crippen LogP contribution in [0.4, 0.5) is 5.69 Å². The predicted octanol–water partition coefficient (Wildman–Crippen LogP) is 4.23. The molecule has 1 heterocycles. The van der Waals surface area contributed by atoms with Crippen LogP contribution in [0, 0.1) is 5.92 Å². The summed E-state index contributed by atoms with van der Waals surface area (Å²) in [5.74, 6) is -0.361. The minimum atomic E-state index is -3.75. The van der Waals surface area contributed by atoms with Crippen LogP contribution in [0.25, 0.3) is 10.1 Å². The molecule has 2 amide bonds. The van der Waals surface area contributed by atoms with Crippen molar-refractivity contribution in [1.82, 2.24) is 14.9 Å². The van der Waals surface area contributed by atoms with Gasteiger partial charge < -0.3 is 16.4 Å². The summed E-state index contributed by atoms with van der Waals surface area (Å²) in [7, 11) is -2.25. The van der Waals surface area contributed by atoms with Gasteiger partial charge in [0, 0.05) is 24.3 Å². The first-order valence-corrected chi connectivity index (χ1v) is 14.7. The van der Waals surface area contributed by atoms with E-state index < -0.39 is 16.1 Å². The number of carbonyl (C=O) groups is 2. The number of carbonyl (C=O) groups excluding carboxylic acids is 2. The van der Waals surface area contributed by atoms with Crippen molar-refractivity contribution in [2.75, 3.05) is 19.3 Å². The zero-order valence-corrected chi connectivity index (χ0v) is 23.4. The minimum absolute atomic E-state index is 0.0653. The number of nitrogens with one attached hydrogen (secondary N) is 2. The van der Waals surface area contributed by atoms with Gasteiger partial charge in [-0.2, -0.15) is 0 Å². The average Bonchev–Trinajstić information content (AvgIpc) is 3.30. The summed E-state index contributed by atoms with van der Waals surface area (Å²) in [5, 5.41) is 6.92. The molecule has 4 N–H and O–H groups in total. The molecule has 0 radical (unpaired) electrons. The molecular weight excluding hydrogens is 508 g/mol. The van der Waals surface area contributed by atoms with Crippen molar-refractivity contribution in [3.05, 3.63) is 59.5 Å². The minimum Gasteiger partial charge on any atom is -0.398 e. The topological polar surface area (TPSA) is 122 Å². The number of hydrogen-bond donors (Lipinski definition) is 3. The van der Waals surface area contributed by atoms with Gasteiger partial charge in [0.25, 0.3) is 5.91 Å². The van der Waals surface area contributed by atoms with Crippen LogP contribution < -0.4 is 16.4 Å². The van der Waals surface area contributed by atoms with Gasteiger partial charge in [-0.25, -0.2) is 12.7 Å². The van der Waals surface area contributed by atoms with E-state index in [4.69, 9.17) is 5.73 Å². The average molecular weight is 545 g/mol. The van der Waals surface area contributed by atoms with Crippen LogP contribution in [0.15, 0.2) is 59.5 Å². The van der Waals surface area contributed by atoms with E-state index in [1.54, 1.807) is 18.2 Å². The van der Waals surface area contributed by atoms with Crippen LogP contribution in [0.3, 0.4) is 0 Å². The van der Waals surface area contributed by atoms with E-state index in [0.717, 1.165) is 10.1 Å². The Hall–Kier alpha value is -2.95. The molecule has 0 saturated carbocycles. The van der Waals surface area contributed by atoms with Crippen LogP contribution in [0.1, 0.15) is 49.7 Å². The molecule has 1 unspecified atom stereocenters. The number of thiophene rings is 1. The van der Waals surface area contributed by atoms with Crippen LogP contribution in [-0.4, -0.2) is 50.2 Å². The summed E-state index contributed by atoms with van der Waals surface area (Å²) < 4.78 is 28.1. The highest BCUT2D eigenvalue weighted by atomic mass is 32.2. The molecule has 1 aromatic heterocycles. The molecule has 3 rings (SSSR count). The third kappa shape index (κ3) is 7.30. The molecule has 0 fully saturated rings. The van der Waals surface area contributed by atoms with Gasteiger partial charge in [0.15, 0.2) is 0 Å². The van der Waals surface area contributed by atoms with E-state index in [1.165, 1.54) is 28.8 Å². The first kappa shape index (κ1) is 28.6. The third-order valence-corrected chi connectivity index (χ3v) is 9.26. The maximum Gasteiger partial charge on any atom is 0.262 e. The zero-order valence-electron chi connectivity index (χ0n) is 21.7. The number of anilines is 1. The molecule has 3 aromatic rings. The number of amides is 2. The Balaban J connectivity index is 1.64. The van der Waals surface area contributed by atoms with Crippen LogP contribution in [0.5, 0.6) is 0 Å². The number of nitrogens with zero attached hydrogens (tertiary/aromatic N) is 1. The first-order valence-electron chi connectivity index (χ1n) is 12.4. The highest BCUT2D eigenvalue weighted by molar-refractivity contribution is 7.89. The van der Waals surface area contributed by atoms with Gasteiger partial charge in [-0.1, -0.05) is 51.1 Å². The number of hydrogen-bond acceptors (Lipinski definition) is 6. The molecule has 0 aliphatic heterocycles. The number of para-hydroxylation sites is 1. The fraction of sp³-hybridized carbons (Fsp3) is 0.407. The maximum atomic E-state index is 13.2. The Morgan fingerprint density at radius 1 is 1.05 bits per heavy atom.